The molecule has 0 unspecified atom stereocenters. The number of benzene rings is 1. The summed E-state index contributed by atoms with van der Waals surface area (Å²) in [6.45, 7) is 6.16. The summed E-state index contributed by atoms with van der Waals surface area (Å²) < 4.78 is 21.8. The van der Waals surface area contributed by atoms with Crippen LogP contribution < -0.4 is 15.4 Å². The highest BCUT2D eigenvalue weighted by molar-refractivity contribution is 5.84. The first-order chi connectivity index (χ1) is 14.5. The monoisotopic (exact) mass is 409 g/mol. The number of aryl methyl sites for hydroxylation is 1. The predicted molar refractivity (Wildman–Crippen MR) is 120 cm³/mol. The molecule has 0 amide bonds. The van der Waals surface area contributed by atoms with Crippen molar-refractivity contribution in [2.75, 3.05) is 44.4 Å². The second kappa shape index (κ2) is 8.44. The molecule has 0 radical (unpaired) electrons. The second-order valence-corrected chi connectivity index (χ2v) is 7.88. The number of fused-ring (bicyclic) bond motifs is 1. The Labute approximate surface area is 176 Å². The zero-order valence-corrected chi connectivity index (χ0v) is 18.0. The zero-order valence-electron chi connectivity index (χ0n) is 18.0. The molecule has 6 nitrogen and oxygen atoms in total. The molecule has 2 aliphatic rings. The van der Waals surface area contributed by atoms with Gasteiger partial charge in [-0.3, -0.25) is 0 Å². The molecule has 4 rings (SSSR count). The molecule has 0 bridgehead atoms. The van der Waals surface area contributed by atoms with Gasteiger partial charge in [0.25, 0.3) is 0 Å². The maximum Gasteiger partial charge on any atom is 0.229 e. The summed E-state index contributed by atoms with van der Waals surface area (Å²) in [6.07, 6.45) is 5.93. The topological polar surface area (TPSA) is 62.3 Å². The van der Waals surface area contributed by atoms with Crippen molar-refractivity contribution in [2.24, 2.45) is 0 Å². The van der Waals surface area contributed by atoms with E-state index in [4.69, 9.17) is 4.74 Å². The number of nitrogens with one attached hydrogen (secondary N) is 2. The van der Waals surface area contributed by atoms with E-state index in [1.165, 1.54) is 0 Å². The normalized spacial score (nSPS) is 16.7. The van der Waals surface area contributed by atoms with E-state index in [2.05, 4.69) is 38.6 Å². The van der Waals surface area contributed by atoms with Crippen LogP contribution in [0.15, 0.2) is 24.3 Å². The lowest BCUT2D eigenvalue weighted by atomic mass is 9.92. The molecule has 158 valence electrons. The summed E-state index contributed by atoms with van der Waals surface area (Å²) in [4.78, 5) is 11.1. The Balaban J connectivity index is 1.83. The lowest BCUT2D eigenvalue weighted by Gasteiger charge is -2.23. The number of allylic oxidation sites excluding steroid dienone is 2. The molecule has 2 aliphatic heterocycles. The summed E-state index contributed by atoms with van der Waals surface area (Å²) in [6, 6.07) is 3.64. The van der Waals surface area contributed by atoms with E-state index < -0.39 is 0 Å². The number of rotatable bonds is 4. The van der Waals surface area contributed by atoms with Crippen LogP contribution >= 0.6 is 0 Å². The lowest BCUT2D eigenvalue weighted by Crippen LogP contribution is -2.17. The van der Waals surface area contributed by atoms with Gasteiger partial charge in [-0.25, -0.2) is 9.37 Å². The summed E-state index contributed by atoms with van der Waals surface area (Å²) >= 11 is 0. The summed E-state index contributed by atoms with van der Waals surface area (Å²) in [5.41, 5.74) is 4.68. The molecule has 1 aromatic carbocycles. The van der Waals surface area contributed by atoms with E-state index in [1.54, 1.807) is 13.1 Å². The number of nitrogens with zero attached hydrogens (tertiary/aromatic N) is 3. The van der Waals surface area contributed by atoms with Gasteiger partial charge in [-0.15, -0.1) is 0 Å². The number of hydrogen-bond acceptors (Lipinski definition) is 6. The van der Waals surface area contributed by atoms with Crippen molar-refractivity contribution >= 4 is 28.6 Å². The third kappa shape index (κ3) is 4.03. The number of likely N-dealkylation sites (N-methyl/N-ethyl adjacent to an activating group) is 1. The standard InChI is InChI=1S/C23H28FN5O/c1-14-8-11-30-22-17(14)13-18(27-23-26-15(2)12-19(25-3)28-23)21(24)20(22)16-6-5-9-29(4)10-7-16/h7-8,12-13H,5-6,9-11H2,1-4H3,(H2,25,26,27,28). The van der Waals surface area contributed by atoms with Crippen molar-refractivity contribution in [3.05, 3.63) is 46.9 Å². The first kappa shape index (κ1) is 20.3. The van der Waals surface area contributed by atoms with Crippen LogP contribution in [0.1, 0.15) is 36.6 Å². The predicted octanol–water partition coefficient (Wildman–Crippen LogP) is 4.61. The van der Waals surface area contributed by atoms with Gasteiger partial charge in [-0.1, -0.05) is 6.08 Å². The van der Waals surface area contributed by atoms with Gasteiger partial charge in [0, 0.05) is 30.9 Å². The smallest absolute Gasteiger partial charge is 0.229 e. The SMILES string of the molecule is CNc1cc(C)nc(Nc2cc3c(c(C4=CCN(C)CCC4)c2F)OCC=C3C)n1. The van der Waals surface area contributed by atoms with Crippen LogP contribution in [0.3, 0.4) is 0 Å². The Morgan fingerprint density at radius 1 is 1.17 bits per heavy atom. The molecular formula is C23H28FN5O. The molecule has 0 atom stereocenters. The minimum atomic E-state index is -0.324. The number of ether oxygens (including phenoxy) is 1. The third-order valence-corrected chi connectivity index (χ3v) is 5.57. The number of hydrogen-bond donors (Lipinski definition) is 2. The number of aromatic nitrogens is 2. The maximum atomic E-state index is 15.9. The van der Waals surface area contributed by atoms with Crippen LogP contribution in [0.4, 0.5) is 21.8 Å². The molecule has 0 spiro atoms. The van der Waals surface area contributed by atoms with Crippen LogP contribution in [0.25, 0.3) is 11.1 Å². The molecule has 0 fully saturated rings. The minimum Gasteiger partial charge on any atom is -0.488 e. The van der Waals surface area contributed by atoms with Crippen molar-refractivity contribution < 1.29 is 9.13 Å². The highest BCUT2D eigenvalue weighted by atomic mass is 19.1. The highest BCUT2D eigenvalue weighted by Gasteiger charge is 2.26. The fraction of sp³-hybridized carbons (Fsp3) is 0.391. The molecule has 2 aromatic rings. The van der Waals surface area contributed by atoms with Crippen LogP contribution in [0, 0.1) is 12.7 Å². The fourth-order valence-electron chi connectivity index (χ4n) is 3.92. The maximum absolute atomic E-state index is 15.9. The van der Waals surface area contributed by atoms with Gasteiger partial charge in [0.2, 0.25) is 5.95 Å². The van der Waals surface area contributed by atoms with Crippen molar-refractivity contribution in [1.29, 1.82) is 0 Å². The molecule has 30 heavy (non-hydrogen) atoms. The lowest BCUT2D eigenvalue weighted by molar-refractivity contribution is 0.353. The van der Waals surface area contributed by atoms with E-state index in [9.17, 15) is 0 Å². The number of anilines is 3. The van der Waals surface area contributed by atoms with Gasteiger partial charge < -0.3 is 20.3 Å². The second-order valence-electron chi connectivity index (χ2n) is 7.88. The van der Waals surface area contributed by atoms with E-state index in [0.717, 1.165) is 48.3 Å². The summed E-state index contributed by atoms with van der Waals surface area (Å²) in [5.74, 6) is 1.35. The van der Waals surface area contributed by atoms with E-state index in [1.807, 2.05) is 26.0 Å². The Morgan fingerprint density at radius 3 is 2.80 bits per heavy atom. The zero-order chi connectivity index (χ0) is 21.3. The summed E-state index contributed by atoms with van der Waals surface area (Å²) in [7, 11) is 3.88. The summed E-state index contributed by atoms with van der Waals surface area (Å²) in [5, 5.41) is 6.12. The van der Waals surface area contributed by atoms with Gasteiger partial charge in [-0.05, 0) is 63.6 Å². The van der Waals surface area contributed by atoms with E-state index in [0.29, 0.717) is 35.4 Å². The largest absolute Gasteiger partial charge is 0.488 e. The van der Waals surface area contributed by atoms with Crippen molar-refractivity contribution in [2.45, 2.75) is 26.7 Å². The Bertz CT molecular complexity index is 1030. The van der Waals surface area contributed by atoms with E-state index >= 15 is 4.39 Å². The molecular weight excluding hydrogens is 381 g/mol. The van der Waals surface area contributed by atoms with Crippen molar-refractivity contribution in [3.63, 3.8) is 0 Å². The van der Waals surface area contributed by atoms with Gasteiger partial charge >= 0.3 is 0 Å². The minimum absolute atomic E-state index is 0.324. The molecule has 7 heteroatoms. The quantitative estimate of drug-likeness (QED) is 0.769. The first-order valence-corrected chi connectivity index (χ1v) is 10.3. The highest BCUT2D eigenvalue weighted by Crippen LogP contribution is 2.43. The average molecular weight is 410 g/mol. The first-order valence-electron chi connectivity index (χ1n) is 10.3. The fourth-order valence-corrected chi connectivity index (χ4v) is 3.92. The van der Waals surface area contributed by atoms with Crippen LogP contribution in [-0.4, -0.2) is 48.7 Å². The molecule has 3 heterocycles. The Hall–Kier alpha value is -2.93. The third-order valence-electron chi connectivity index (χ3n) is 5.57. The molecule has 2 N–H and O–H groups in total. The molecule has 1 aromatic heterocycles. The van der Waals surface area contributed by atoms with Gasteiger partial charge in [-0.2, -0.15) is 4.98 Å². The van der Waals surface area contributed by atoms with Crippen molar-refractivity contribution in [1.82, 2.24) is 14.9 Å². The van der Waals surface area contributed by atoms with Crippen molar-refractivity contribution in [3.8, 4) is 5.75 Å². The molecule has 0 saturated heterocycles. The molecule has 0 saturated carbocycles. The Kier molecular flexibility index (Phi) is 5.72. The number of halogens is 1. The van der Waals surface area contributed by atoms with E-state index in [-0.39, 0.29) is 5.82 Å². The van der Waals surface area contributed by atoms with Crippen LogP contribution in [0.5, 0.6) is 5.75 Å². The van der Waals surface area contributed by atoms with Crippen LogP contribution in [-0.2, 0) is 0 Å². The van der Waals surface area contributed by atoms with Crippen LogP contribution in [0.2, 0.25) is 0 Å². The molecule has 0 aliphatic carbocycles. The van der Waals surface area contributed by atoms with Gasteiger partial charge in [0.15, 0.2) is 5.82 Å². The Morgan fingerprint density at radius 2 is 2.00 bits per heavy atom. The van der Waals surface area contributed by atoms with Gasteiger partial charge in [0.05, 0.1) is 11.3 Å². The van der Waals surface area contributed by atoms with Gasteiger partial charge in [0.1, 0.15) is 18.2 Å². The average Bonchev–Trinajstić information content (AvgIpc) is 2.93.